The Balaban J connectivity index is 3.13. The van der Waals surface area contributed by atoms with E-state index in [0.717, 1.165) is 6.07 Å². The van der Waals surface area contributed by atoms with Gasteiger partial charge in [0.1, 0.15) is 6.61 Å². The van der Waals surface area contributed by atoms with E-state index in [9.17, 15) is 20.0 Å². The number of nitrogens with zero attached hydrogens (tertiary/aromatic N) is 1. The molecule has 116 valence electrons. The zero-order valence-corrected chi connectivity index (χ0v) is 12.3. The van der Waals surface area contributed by atoms with Gasteiger partial charge in [-0.2, -0.15) is 0 Å². The van der Waals surface area contributed by atoms with Crippen LogP contribution in [0.15, 0.2) is 12.1 Å². The van der Waals surface area contributed by atoms with Gasteiger partial charge in [0, 0.05) is 6.07 Å². The van der Waals surface area contributed by atoms with Gasteiger partial charge in [0.25, 0.3) is 5.69 Å². The van der Waals surface area contributed by atoms with Crippen molar-refractivity contribution in [3.63, 3.8) is 0 Å². The third kappa shape index (κ3) is 3.91. The van der Waals surface area contributed by atoms with Crippen LogP contribution in [0.5, 0.6) is 11.5 Å². The van der Waals surface area contributed by atoms with Crippen LogP contribution in [0, 0.1) is 10.1 Å². The Hall–Kier alpha value is -2.15. The predicted octanol–water partition coefficient (Wildman–Crippen LogP) is 2.35. The number of carbonyl (C=O) groups is 1. The first-order chi connectivity index (χ1) is 9.90. The maximum absolute atomic E-state index is 10.9. The Labute approximate surface area is 122 Å². The molecule has 1 aromatic carbocycles. The lowest BCUT2D eigenvalue weighted by Crippen LogP contribution is -2.34. The largest absolute Gasteiger partial charge is 0.493 e. The number of hydrogen-bond donors (Lipinski definition) is 1. The number of hydrogen-bond acceptors (Lipinski definition) is 6. The summed E-state index contributed by atoms with van der Waals surface area (Å²) in [5.41, 5.74) is -1.47. The Morgan fingerprint density at radius 1 is 1.33 bits per heavy atom. The summed E-state index contributed by atoms with van der Waals surface area (Å²) in [4.78, 5) is 21.2. The highest BCUT2D eigenvalue weighted by Gasteiger charge is 2.25. The van der Waals surface area contributed by atoms with Crippen molar-refractivity contribution in [3.05, 3.63) is 27.8 Å². The molecule has 0 bridgehead atoms. The Morgan fingerprint density at radius 2 is 1.95 bits per heavy atom. The van der Waals surface area contributed by atoms with E-state index in [2.05, 4.69) is 0 Å². The molecule has 1 rings (SSSR count). The number of aliphatic hydroxyl groups is 1. The number of carbonyl (C=O) groups excluding carboxylic acids is 1. The van der Waals surface area contributed by atoms with Crippen molar-refractivity contribution in [2.24, 2.45) is 0 Å². The molecule has 0 unspecified atom stereocenters. The third-order valence-corrected chi connectivity index (χ3v) is 3.45. The van der Waals surface area contributed by atoms with Crippen LogP contribution in [-0.4, -0.2) is 35.6 Å². The molecule has 0 aliphatic carbocycles. The molecule has 7 nitrogen and oxygen atoms in total. The minimum Gasteiger partial charge on any atom is -0.493 e. The molecule has 0 fully saturated rings. The molecule has 0 saturated heterocycles. The molecular formula is C14H19NO6. The molecule has 0 aromatic heterocycles. The van der Waals surface area contributed by atoms with Crippen LogP contribution in [0.4, 0.5) is 5.69 Å². The second-order valence-electron chi connectivity index (χ2n) is 4.66. The summed E-state index contributed by atoms with van der Waals surface area (Å²) < 4.78 is 10.5. The molecule has 0 amide bonds. The van der Waals surface area contributed by atoms with Gasteiger partial charge in [-0.25, -0.2) is 0 Å². The first-order valence-corrected chi connectivity index (χ1v) is 6.57. The minimum atomic E-state index is -1.01. The first-order valence-electron chi connectivity index (χ1n) is 6.57. The fourth-order valence-corrected chi connectivity index (χ4v) is 1.76. The van der Waals surface area contributed by atoms with Crippen molar-refractivity contribution in [1.82, 2.24) is 0 Å². The lowest BCUT2D eigenvalue weighted by molar-refractivity contribution is -0.385. The number of rotatable bonds is 8. The molecule has 0 spiro atoms. The summed E-state index contributed by atoms with van der Waals surface area (Å²) in [5, 5.41) is 21.1. The van der Waals surface area contributed by atoms with Crippen LogP contribution >= 0.6 is 0 Å². The van der Waals surface area contributed by atoms with E-state index in [1.165, 1.54) is 13.2 Å². The standard InChI is InChI=1S/C14H19NO6/c1-4-14(17,5-2)9-21-13-7-11(15(18)19)10(8-16)6-12(13)20-3/h6-8,17H,4-5,9H2,1-3H3. The number of nitro groups is 1. The average molecular weight is 297 g/mol. The van der Waals surface area contributed by atoms with E-state index in [1.54, 1.807) is 0 Å². The van der Waals surface area contributed by atoms with E-state index in [-0.39, 0.29) is 29.4 Å². The molecule has 7 heteroatoms. The molecule has 0 aliphatic rings. The topological polar surface area (TPSA) is 98.9 Å². The van der Waals surface area contributed by atoms with Gasteiger partial charge in [0.15, 0.2) is 17.8 Å². The Kier molecular flexibility index (Phi) is 5.66. The molecule has 0 saturated carbocycles. The molecule has 0 atom stereocenters. The van der Waals surface area contributed by atoms with Gasteiger partial charge in [-0.15, -0.1) is 0 Å². The van der Waals surface area contributed by atoms with Gasteiger partial charge in [-0.3, -0.25) is 14.9 Å². The van der Waals surface area contributed by atoms with Gasteiger partial charge in [0.05, 0.1) is 29.3 Å². The highest BCUT2D eigenvalue weighted by Crippen LogP contribution is 2.34. The van der Waals surface area contributed by atoms with E-state index < -0.39 is 10.5 Å². The van der Waals surface area contributed by atoms with Crippen molar-refractivity contribution in [2.45, 2.75) is 32.3 Å². The molecule has 1 aromatic rings. The van der Waals surface area contributed by atoms with Crippen molar-refractivity contribution >= 4 is 12.0 Å². The second-order valence-corrected chi connectivity index (χ2v) is 4.66. The van der Waals surface area contributed by atoms with Gasteiger partial charge < -0.3 is 14.6 Å². The van der Waals surface area contributed by atoms with Crippen LogP contribution < -0.4 is 9.47 Å². The first kappa shape index (κ1) is 16.9. The van der Waals surface area contributed by atoms with Crippen molar-refractivity contribution in [1.29, 1.82) is 0 Å². The lowest BCUT2D eigenvalue weighted by Gasteiger charge is -2.25. The number of benzene rings is 1. The van der Waals surface area contributed by atoms with E-state index >= 15 is 0 Å². The molecule has 1 N–H and O–H groups in total. The average Bonchev–Trinajstić information content (AvgIpc) is 2.51. The number of aldehydes is 1. The van der Waals surface area contributed by atoms with Gasteiger partial charge in [-0.05, 0) is 12.8 Å². The maximum atomic E-state index is 10.9. The van der Waals surface area contributed by atoms with Crippen LogP contribution in [0.3, 0.4) is 0 Å². The van der Waals surface area contributed by atoms with Crippen molar-refractivity contribution in [3.8, 4) is 11.5 Å². The fraction of sp³-hybridized carbons (Fsp3) is 0.500. The lowest BCUT2D eigenvalue weighted by atomic mass is 9.99. The van der Waals surface area contributed by atoms with E-state index in [4.69, 9.17) is 9.47 Å². The molecule has 21 heavy (non-hydrogen) atoms. The smallest absolute Gasteiger partial charge is 0.283 e. The monoisotopic (exact) mass is 297 g/mol. The van der Waals surface area contributed by atoms with Crippen molar-refractivity contribution < 1.29 is 24.3 Å². The van der Waals surface area contributed by atoms with Crippen LogP contribution in [0.2, 0.25) is 0 Å². The normalized spacial score (nSPS) is 11.0. The predicted molar refractivity (Wildman–Crippen MR) is 76.1 cm³/mol. The number of nitro benzene ring substituents is 1. The minimum absolute atomic E-state index is 0.0199. The highest BCUT2D eigenvalue weighted by atomic mass is 16.6. The van der Waals surface area contributed by atoms with Crippen molar-refractivity contribution in [2.75, 3.05) is 13.7 Å². The zero-order chi connectivity index (χ0) is 16.0. The highest BCUT2D eigenvalue weighted by molar-refractivity contribution is 5.83. The quantitative estimate of drug-likeness (QED) is 0.449. The third-order valence-electron chi connectivity index (χ3n) is 3.45. The Bertz CT molecular complexity index is 524. The van der Waals surface area contributed by atoms with E-state index in [0.29, 0.717) is 19.1 Å². The Morgan fingerprint density at radius 3 is 2.38 bits per heavy atom. The fourth-order valence-electron chi connectivity index (χ4n) is 1.76. The van der Waals surface area contributed by atoms with Crippen LogP contribution in [-0.2, 0) is 0 Å². The summed E-state index contributed by atoms with van der Waals surface area (Å²) in [6.45, 7) is 3.62. The maximum Gasteiger partial charge on any atom is 0.283 e. The summed E-state index contributed by atoms with van der Waals surface area (Å²) in [6.07, 6.45) is 1.36. The SMILES string of the molecule is CCC(O)(CC)COc1cc([N+](=O)[O-])c(C=O)cc1OC. The van der Waals surface area contributed by atoms with Gasteiger partial charge in [0.2, 0.25) is 0 Å². The summed E-state index contributed by atoms with van der Waals surface area (Å²) >= 11 is 0. The zero-order valence-electron chi connectivity index (χ0n) is 12.3. The molecule has 0 aliphatic heterocycles. The molecule has 0 heterocycles. The number of methoxy groups -OCH3 is 1. The van der Waals surface area contributed by atoms with Gasteiger partial charge >= 0.3 is 0 Å². The summed E-state index contributed by atoms with van der Waals surface area (Å²) in [6, 6.07) is 2.38. The van der Waals surface area contributed by atoms with Crippen LogP contribution in [0.25, 0.3) is 0 Å². The molecular weight excluding hydrogens is 278 g/mol. The summed E-state index contributed by atoms with van der Waals surface area (Å²) in [5.74, 6) is 0.326. The van der Waals surface area contributed by atoms with Gasteiger partial charge in [-0.1, -0.05) is 13.8 Å². The molecule has 0 radical (unpaired) electrons. The second kappa shape index (κ2) is 7.03. The summed E-state index contributed by atoms with van der Waals surface area (Å²) in [7, 11) is 1.37. The van der Waals surface area contributed by atoms with Crippen LogP contribution in [0.1, 0.15) is 37.0 Å². The van der Waals surface area contributed by atoms with E-state index in [1.807, 2.05) is 13.8 Å². The number of ether oxygens (including phenoxy) is 2.